The van der Waals surface area contributed by atoms with E-state index in [1.807, 2.05) is 30.3 Å². The SMILES string of the molecule is C[C@@H](NC(=O)C(=O)N/N=C\c1cc(Cl)ccc1OCc1c(Cl)cccc1Cl)c1ccccc1. The summed E-state index contributed by atoms with van der Waals surface area (Å²) in [5.74, 6) is -1.27. The number of carbonyl (C=O) groups excluding carboxylic acids is 2. The molecule has 0 aromatic heterocycles. The number of nitrogens with one attached hydrogen (secondary N) is 2. The summed E-state index contributed by atoms with van der Waals surface area (Å²) in [4.78, 5) is 24.3. The number of carbonyl (C=O) groups is 2. The first-order valence-corrected chi connectivity index (χ1v) is 11.0. The Hall–Kier alpha value is -3.06. The molecule has 1 atom stereocenters. The van der Waals surface area contributed by atoms with Crippen LogP contribution in [-0.4, -0.2) is 18.0 Å². The molecule has 2 amide bonds. The molecular formula is C24H20Cl3N3O3. The van der Waals surface area contributed by atoms with E-state index in [4.69, 9.17) is 39.5 Å². The Morgan fingerprint density at radius 2 is 1.67 bits per heavy atom. The molecule has 0 saturated carbocycles. The van der Waals surface area contributed by atoms with Gasteiger partial charge in [0.2, 0.25) is 0 Å². The highest BCUT2D eigenvalue weighted by Crippen LogP contribution is 2.27. The summed E-state index contributed by atoms with van der Waals surface area (Å²) >= 11 is 18.5. The van der Waals surface area contributed by atoms with Crippen LogP contribution in [0, 0.1) is 0 Å². The quantitative estimate of drug-likeness (QED) is 0.251. The van der Waals surface area contributed by atoms with E-state index in [1.165, 1.54) is 6.21 Å². The predicted molar refractivity (Wildman–Crippen MR) is 131 cm³/mol. The van der Waals surface area contributed by atoms with Gasteiger partial charge in [-0.15, -0.1) is 0 Å². The van der Waals surface area contributed by atoms with Crippen LogP contribution >= 0.6 is 34.8 Å². The molecule has 0 unspecified atom stereocenters. The van der Waals surface area contributed by atoms with Crippen molar-refractivity contribution in [1.82, 2.24) is 10.7 Å². The Morgan fingerprint density at radius 3 is 2.36 bits per heavy atom. The van der Waals surface area contributed by atoms with Gasteiger partial charge in [0.15, 0.2) is 0 Å². The second-order valence-corrected chi connectivity index (χ2v) is 8.23. The lowest BCUT2D eigenvalue weighted by Crippen LogP contribution is -2.39. The molecule has 0 aliphatic rings. The fourth-order valence-corrected chi connectivity index (χ4v) is 3.56. The highest BCUT2D eigenvalue weighted by atomic mass is 35.5. The van der Waals surface area contributed by atoms with Gasteiger partial charge in [-0.3, -0.25) is 9.59 Å². The van der Waals surface area contributed by atoms with E-state index in [-0.39, 0.29) is 12.6 Å². The maximum atomic E-state index is 12.1. The van der Waals surface area contributed by atoms with Gasteiger partial charge in [-0.25, -0.2) is 5.43 Å². The molecule has 0 aliphatic heterocycles. The van der Waals surface area contributed by atoms with Crippen LogP contribution in [0.1, 0.15) is 29.7 Å². The van der Waals surface area contributed by atoms with Crippen molar-refractivity contribution in [2.45, 2.75) is 19.6 Å². The summed E-state index contributed by atoms with van der Waals surface area (Å²) in [5, 5.41) is 7.88. The molecule has 0 radical (unpaired) electrons. The van der Waals surface area contributed by atoms with Crippen molar-refractivity contribution in [3.8, 4) is 5.75 Å². The van der Waals surface area contributed by atoms with Crippen molar-refractivity contribution in [3.05, 3.63) is 98.5 Å². The first kappa shape index (κ1) is 24.6. The average Bonchev–Trinajstić information content (AvgIpc) is 2.80. The van der Waals surface area contributed by atoms with Gasteiger partial charge in [0.1, 0.15) is 12.4 Å². The maximum absolute atomic E-state index is 12.1. The van der Waals surface area contributed by atoms with Crippen molar-refractivity contribution in [1.29, 1.82) is 0 Å². The third-order valence-corrected chi connectivity index (χ3v) is 5.57. The second-order valence-electron chi connectivity index (χ2n) is 6.98. The van der Waals surface area contributed by atoms with E-state index in [0.29, 0.717) is 31.9 Å². The Labute approximate surface area is 206 Å². The Morgan fingerprint density at radius 1 is 0.970 bits per heavy atom. The Kier molecular flexibility index (Phi) is 8.72. The summed E-state index contributed by atoms with van der Waals surface area (Å²) in [6.45, 7) is 1.90. The minimum absolute atomic E-state index is 0.118. The van der Waals surface area contributed by atoms with E-state index in [9.17, 15) is 9.59 Å². The highest BCUT2D eigenvalue weighted by molar-refractivity contribution is 6.36. The molecule has 3 aromatic rings. The second kappa shape index (κ2) is 11.7. The number of benzene rings is 3. The lowest BCUT2D eigenvalue weighted by Gasteiger charge is -2.13. The number of ether oxygens (including phenoxy) is 1. The average molecular weight is 505 g/mol. The van der Waals surface area contributed by atoms with Crippen LogP contribution in [-0.2, 0) is 16.2 Å². The van der Waals surface area contributed by atoms with Crippen molar-refractivity contribution < 1.29 is 14.3 Å². The van der Waals surface area contributed by atoms with Crippen molar-refractivity contribution >= 4 is 52.8 Å². The summed E-state index contributed by atoms with van der Waals surface area (Å²) in [5.41, 5.74) is 4.21. The molecule has 0 saturated heterocycles. The number of nitrogens with zero attached hydrogens (tertiary/aromatic N) is 1. The zero-order valence-electron chi connectivity index (χ0n) is 17.5. The van der Waals surface area contributed by atoms with Gasteiger partial charge >= 0.3 is 11.8 Å². The van der Waals surface area contributed by atoms with E-state index >= 15 is 0 Å². The van der Waals surface area contributed by atoms with Gasteiger partial charge in [-0.2, -0.15) is 5.10 Å². The third-order valence-electron chi connectivity index (χ3n) is 4.63. The minimum atomic E-state index is -0.902. The fraction of sp³-hybridized carbons (Fsp3) is 0.125. The molecule has 0 bridgehead atoms. The first-order chi connectivity index (χ1) is 15.8. The third kappa shape index (κ3) is 6.96. The number of halogens is 3. The molecule has 0 heterocycles. The molecule has 2 N–H and O–H groups in total. The van der Waals surface area contributed by atoms with Crippen LogP contribution in [0.5, 0.6) is 5.75 Å². The van der Waals surface area contributed by atoms with Crippen molar-refractivity contribution in [3.63, 3.8) is 0 Å². The summed E-state index contributed by atoms with van der Waals surface area (Å²) < 4.78 is 5.84. The van der Waals surface area contributed by atoms with Gasteiger partial charge < -0.3 is 10.1 Å². The van der Waals surface area contributed by atoms with E-state index in [2.05, 4.69) is 15.8 Å². The summed E-state index contributed by atoms with van der Waals surface area (Å²) in [6.07, 6.45) is 1.33. The Balaban J connectivity index is 1.62. The number of rotatable bonds is 7. The lowest BCUT2D eigenvalue weighted by atomic mass is 10.1. The van der Waals surface area contributed by atoms with Crippen LogP contribution in [0.3, 0.4) is 0 Å². The molecule has 0 fully saturated rings. The molecule has 33 heavy (non-hydrogen) atoms. The number of hydrazone groups is 1. The Bertz CT molecular complexity index is 1150. The molecule has 9 heteroatoms. The molecule has 0 aliphatic carbocycles. The van der Waals surface area contributed by atoms with Crippen LogP contribution < -0.4 is 15.5 Å². The number of hydrogen-bond donors (Lipinski definition) is 2. The molecule has 3 rings (SSSR count). The lowest BCUT2D eigenvalue weighted by molar-refractivity contribution is -0.139. The van der Waals surface area contributed by atoms with Crippen molar-refractivity contribution in [2.75, 3.05) is 0 Å². The summed E-state index contributed by atoms with van der Waals surface area (Å²) in [7, 11) is 0. The van der Waals surface area contributed by atoms with E-state index in [1.54, 1.807) is 43.3 Å². The highest BCUT2D eigenvalue weighted by Gasteiger charge is 2.16. The van der Waals surface area contributed by atoms with Gasteiger partial charge in [-0.05, 0) is 42.8 Å². The zero-order chi connectivity index (χ0) is 23.8. The molecule has 0 spiro atoms. The summed E-state index contributed by atoms with van der Waals surface area (Å²) in [6, 6.07) is 19.1. The van der Waals surface area contributed by atoms with Crippen LogP contribution in [0.2, 0.25) is 15.1 Å². The minimum Gasteiger partial charge on any atom is -0.488 e. The topological polar surface area (TPSA) is 79.8 Å². The number of hydrogen-bond acceptors (Lipinski definition) is 4. The number of amides is 2. The molecule has 3 aromatic carbocycles. The molecule has 170 valence electrons. The van der Waals surface area contributed by atoms with Gasteiger partial charge in [0, 0.05) is 26.2 Å². The van der Waals surface area contributed by atoms with Gasteiger partial charge in [-0.1, -0.05) is 71.2 Å². The standard InChI is InChI=1S/C24H20Cl3N3O3/c1-15(16-6-3-2-4-7-16)29-23(31)24(32)30-28-13-17-12-18(25)10-11-22(17)33-14-19-20(26)8-5-9-21(19)27/h2-13,15H,14H2,1H3,(H,29,31)(H,30,32)/b28-13-/t15-/m1/s1. The molecule has 6 nitrogen and oxygen atoms in total. The van der Waals surface area contributed by atoms with Gasteiger partial charge in [0.05, 0.1) is 12.3 Å². The smallest absolute Gasteiger partial charge is 0.329 e. The fourth-order valence-electron chi connectivity index (χ4n) is 2.87. The van der Waals surface area contributed by atoms with Crippen molar-refractivity contribution in [2.24, 2.45) is 5.10 Å². The van der Waals surface area contributed by atoms with E-state index in [0.717, 1.165) is 5.56 Å². The normalized spacial score (nSPS) is 11.8. The maximum Gasteiger partial charge on any atom is 0.329 e. The zero-order valence-corrected chi connectivity index (χ0v) is 19.8. The van der Waals surface area contributed by atoms with Crippen LogP contribution in [0.4, 0.5) is 0 Å². The van der Waals surface area contributed by atoms with E-state index < -0.39 is 11.8 Å². The van der Waals surface area contributed by atoms with Crippen LogP contribution in [0.25, 0.3) is 0 Å². The van der Waals surface area contributed by atoms with Gasteiger partial charge in [0.25, 0.3) is 0 Å². The molecular weight excluding hydrogens is 485 g/mol. The van der Waals surface area contributed by atoms with Crippen LogP contribution in [0.15, 0.2) is 71.8 Å². The first-order valence-electron chi connectivity index (χ1n) is 9.89. The predicted octanol–water partition coefficient (Wildman–Crippen LogP) is 5.55. The largest absolute Gasteiger partial charge is 0.488 e. The monoisotopic (exact) mass is 503 g/mol.